The van der Waals surface area contributed by atoms with E-state index in [1.54, 1.807) is 0 Å². The predicted molar refractivity (Wildman–Crippen MR) is 58.9 cm³/mol. The van der Waals surface area contributed by atoms with Crippen LogP contribution in [0.15, 0.2) is 24.3 Å². The van der Waals surface area contributed by atoms with Crippen molar-refractivity contribution in [3.8, 4) is 0 Å². The van der Waals surface area contributed by atoms with Gasteiger partial charge >= 0.3 is 0 Å². The summed E-state index contributed by atoms with van der Waals surface area (Å²) in [6.45, 7) is 1.99. The van der Waals surface area contributed by atoms with Crippen molar-refractivity contribution in [2.45, 2.75) is 6.92 Å². The summed E-state index contributed by atoms with van der Waals surface area (Å²) in [5.41, 5.74) is 2.10. The van der Waals surface area contributed by atoms with E-state index < -0.39 is 0 Å². The number of pyridine rings is 1. The van der Waals surface area contributed by atoms with Gasteiger partial charge in [-0.05, 0) is 42.1 Å². The molecule has 0 aliphatic rings. The molecule has 1 heterocycles. The van der Waals surface area contributed by atoms with Crippen LogP contribution < -0.4 is 0 Å². The molecule has 1 N–H and O–H groups in total. The molecule has 1 aromatic carbocycles. The van der Waals surface area contributed by atoms with Crippen molar-refractivity contribution in [1.29, 1.82) is 0 Å². The number of fused-ring (bicyclic) bond motifs is 1. The number of aromatic nitrogens is 1. The smallest absolute Gasteiger partial charge is 0.106 e. The molecule has 2 rings (SSSR count). The van der Waals surface area contributed by atoms with Crippen molar-refractivity contribution in [3.63, 3.8) is 0 Å². The largest absolute Gasteiger partial charge is 0.346 e. The van der Waals surface area contributed by atoms with E-state index in [1.165, 1.54) is 0 Å². The molecule has 0 spiro atoms. The number of nitrogens with one attached hydrogen (secondary N) is 1. The fourth-order valence-corrected chi connectivity index (χ4v) is 1.64. The summed E-state index contributed by atoms with van der Waals surface area (Å²) in [4.78, 5) is 3.14. The fourth-order valence-electron chi connectivity index (χ4n) is 1.29. The first-order valence-electron chi connectivity index (χ1n) is 3.96. The van der Waals surface area contributed by atoms with Gasteiger partial charge in [0.1, 0.15) is 4.64 Å². The minimum absolute atomic E-state index is 0.748. The van der Waals surface area contributed by atoms with Crippen molar-refractivity contribution in [2.75, 3.05) is 0 Å². The van der Waals surface area contributed by atoms with Gasteiger partial charge in [0.25, 0.3) is 0 Å². The summed E-state index contributed by atoms with van der Waals surface area (Å²) < 4.78 is 0.787. The lowest BCUT2D eigenvalue weighted by Crippen LogP contribution is -1.83. The number of hydrogen-bond donors (Lipinski definition) is 1. The molecule has 13 heavy (non-hydrogen) atoms. The van der Waals surface area contributed by atoms with Crippen LogP contribution in [0.4, 0.5) is 0 Å². The Balaban J connectivity index is 2.89. The topological polar surface area (TPSA) is 15.8 Å². The van der Waals surface area contributed by atoms with Crippen LogP contribution in [0.1, 0.15) is 5.56 Å². The molecule has 1 aromatic heterocycles. The van der Waals surface area contributed by atoms with Gasteiger partial charge in [0.05, 0.1) is 0 Å². The molecule has 0 amide bonds. The van der Waals surface area contributed by atoms with Crippen molar-refractivity contribution >= 4 is 34.7 Å². The zero-order chi connectivity index (χ0) is 9.42. The number of H-pyrrole nitrogens is 1. The molecule has 66 valence electrons. The molecule has 0 saturated carbocycles. The van der Waals surface area contributed by atoms with E-state index in [0.717, 1.165) is 26.1 Å². The Morgan fingerprint density at radius 2 is 2.08 bits per heavy atom. The maximum Gasteiger partial charge on any atom is 0.106 e. The maximum atomic E-state index is 5.87. The van der Waals surface area contributed by atoms with E-state index in [9.17, 15) is 0 Å². The summed E-state index contributed by atoms with van der Waals surface area (Å²) in [6.07, 6.45) is 0. The van der Waals surface area contributed by atoms with Gasteiger partial charge in [0.15, 0.2) is 0 Å². The molecular weight excluding hydrogens is 202 g/mol. The molecule has 0 aliphatic heterocycles. The molecule has 0 saturated heterocycles. The molecule has 0 fully saturated rings. The number of hydrogen-bond acceptors (Lipinski definition) is 1. The average molecular weight is 210 g/mol. The van der Waals surface area contributed by atoms with Gasteiger partial charge < -0.3 is 4.98 Å². The second-order valence-corrected chi connectivity index (χ2v) is 3.86. The van der Waals surface area contributed by atoms with Crippen LogP contribution in [-0.4, -0.2) is 4.98 Å². The Labute approximate surface area is 86.4 Å². The van der Waals surface area contributed by atoms with Gasteiger partial charge in [0.2, 0.25) is 0 Å². The molecule has 0 unspecified atom stereocenters. The molecule has 0 bridgehead atoms. The van der Waals surface area contributed by atoms with Gasteiger partial charge in [-0.2, -0.15) is 0 Å². The highest BCUT2D eigenvalue weighted by molar-refractivity contribution is 7.71. The third-order valence-electron chi connectivity index (χ3n) is 1.99. The van der Waals surface area contributed by atoms with Crippen LogP contribution in [0.25, 0.3) is 10.9 Å². The third kappa shape index (κ3) is 1.60. The van der Waals surface area contributed by atoms with E-state index in [4.69, 9.17) is 23.8 Å². The lowest BCUT2D eigenvalue weighted by atomic mass is 10.2. The van der Waals surface area contributed by atoms with Gasteiger partial charge in [0, 0.05) is 10.5 Å². The predicted octanol–water partition coefficient (Wildman–Crippen LogP) is 3.86. The summed E-state index contributed by atoms with van der Waals surface area (Å²) in [5, 5.41) is 1.84. The van der Waals surface area contributed by atoms with Crippen LogP contribution in [0.2, 0.25) is 5.02 Å². The highest BCUT2D eigenvalue weighted by Crippen LogP contribution is 2.18. The Hall–Kier alpha value is -0.860. The summed E-state index contributed by atoms with van der Waals surface area (Å²) in [6, 6.07) is 7.76. The van der Waals surface area contributed by atoms with Crippen molar-refractivity contribution in [1.82, 2.24) is 4.98 Å². The zero-order valence-corrected chi connectivity index (χ0v) is 8.67. The molecule has 2 aromatic rings. The van der Waals surface area contributed by atoms with E-state index >= 15 is 0 Å². The third-order valence-corrected chi connectivity index (χ3v) is 2.65. The van der Waals surface area contributed by atoms with Gasteiger partial charge in [-0.25, -0.2) is 0 Å². The van der Waals surface area contributed by atoms with Gasteiger partial charge in [-0.3, -0.25) is 0 Å². The standard InChI is InChI=1S/C10H8ClNS/c1-6-4-7-5-8(11)2-3-9(7)12-10(6)13/h2-5H,1H3,(H,12,13). The Morgan fingerprint density at radius 3 is 2.85 bits per heavy atom. The Kier molecular flexibility index (Phi) is 2.10. The summed E-state index contributed by atoms with van der Waals surface area (Å²) in [7, 11) is 0. The Bertz CT molecular complexity index is 516. The zero-order valence-electron chi connectivity index (χ0n) is 7.10. The van der Waals surface area contributed by atoms with Crippen LogP contribution in [-0.2, 0) is 0 Å². The minimum Gasteiger partial charge on any atom is -0.346 e. The van der Waals surface area contributed by atoms with Crippen LogP contribution in [0.3, 0.4) is 0 Å². The molecule has 0 aliphatic carbocycles. The highest BCUT2D eigenvalue weighted by atomic mass is 35.5. The molecular formula is C10H8ClNS. The molecule has 3 heteroatoms. The SMILES string of the molecule is Cc1cc2cc(Cl)ccc2[nH]c1=S. The minimum atomic E-state index is 0.748. The van der Waals surface area contributed by atoms with Crippen molar-refractivity contribution < 1.29 is 0 Å². The van der Waals surface area contributed by atoms with Crippen LogP contribution in [0, 0.1) is 11.6 Å². The lowest BCUT2D eigenvalue weighted by molar-refractivity contribution is 1.30. The molecule has 0 atom stereocenters. The van der Waals surface area contributed by atoms with Crippen LogP contribution >= 0.6 is 23.8 Å². The first-order valence-corrected chi connectivity index (χ1v) is 4.74. The second kappa shape index (κ2) is 3.13. The number of aryl methyl sites for hydroxylation is 1. The molecule has 1 nitrogen and oxygen atoms in total. The van der Waals surface area contributed by atoms with E-state index in [0.29, 0.717) is 0 Å². The number of aromatic amines is 1. The van der Waals surface area contributed by atoms with Crippen molar-refractivity contribution in [3.05, 3.63) is 39.5 Å². The van der Waals surface area contributed by atoms with E-state index in [-0.39, 0.29) is 0 Å². The Morgan fingerprint density at radius 1 is 1.31 bits per heavy atom. The van der Waals surface area contributed by atoms with Crippen LogP contribution in [0.5, 0.6) is 0 Å². The lowest BCUT2D eigenvalue weighted by Gasteiger charge is -2.00. The number of benzene rings is 1. The first kappa shape index (κ1) is 8.73. The monoisotopic (exact) mass is 209 g/mol. The van der Waals surface area contributed by atoms with E-state index in [2.05, 4.69) is 4.98 Å². The van der Waals surface area contributed by atoms with Crippen molar-refractivity contribution in [2.24, 2.45) is 0 Å². The fraction of sp³-hybridized carbons (Fsp3) is 0.100. The second-order valence-electron chi connectivity index (χ2n) is 3.01. The average Bonchev–Trinajstić information content (AvgIpc) is 2.08. The maximum absolute atomic E-state index is 5.87. The first-order chi connectivity index (χ1) is 6.16. The normalized spacial score (nSPS) is 10.6. The molecule has 0 radical (unpaired) electrons. The number of rotatable bonds is 0. The summed E-state index contributed by atoms with van der Waals surface area (Å²) in [5.74, 6) is 0. The summed E-state index contributed by atoms with van der Waals surface area (Å²) >= 11 is 11.0. The quantitative estimate of drug-likeness (QED) is 0.652. The van der Waals surface area contributed by atoms with Gasteiger partial charge in [-0.15, -0.1) is 0 Å². The number of halogens is 1. The highest BCUT2D eigenvalue weighted by Gasteiger charge is 1.96. The van der Waals surface area contributed by atoms with E-state index in [1.807, 2.05) is 31.2 Å². The van der Waals surface area contributed by atoms with Gasteiger partial charge in [-0.1, -0.05) is 23.8 Å².